The van der Waals surface area contributed by atoms with Crippen molar-refractivity contribution in [1.29, 1.82) is 0 Å². The van der Waals surface area contributed by atoms with Gasteiger partial charge in [0, 0.05) is 26.2 Å². The summed E-state index contributed by atoms with van der Waals surface area (Å²) in [7, 11) is 0. The van der Waals surface area contributed by atoms with Crippen LogP contribution in [0.3, 0.4) is 0 Å². The number of carbonyl (C=O) groups is 1. The van der Waals surface area contributed by atoms with Crippen LogP contribution in [-0.4, -0.2) is 43.8 Å². The molecule has 1 aromatic carbocycles. The molecule has 110 valence electrons. The van der Waals surface area contributed by atoms with Crippen molar-refractivity contribution in [2.24, 2.45) is 0 Å². The second-order valence-corrected chi connectivity index (χ2v) is 4.95. The SMILES string of the molecule is CCCCOCCN1CCN(c2ccccc2N)C1=O. The molecule has 0 aliphatic carbocycles. The van der Waals surface area contributed by atoms with Gasteiger partial charge < -0.3 is 15.4 Å². The van der Waals surface area contributed by atoms with Crippen molar-refractivity contribution < 1.29 is 9.53 Å². The number of urea groups is 1. The van der Waals surface area contributed by atoms with Crippen molar-refractivity contribution in [1.82, 2.24) is 4.90 Å². The van der Waals surface area contributed by atoms with Crippen molar-refractivity contribution in [3.05, 3.63) is 24.3 Å². The second-order valence-electron chi connectivity index (χ2n) is 4.95. The van der Waals surface area contributed by atoms with Gasteiger partial charge in [-0.2, -0.15) is 0 Å². The molecule has 0 aromatic heterocycles. The van der Waals surface area contributed by atoms with E-state index in [0.717, 1.165) is 31.7 Å². The molecule has 1 heterocycles. The number of unbranched alkanes of at least 4 members (excludes halogenated alkanes) is 1. The molecule has 0 radical (unpaired) electrons. The van der Waals surface area contributed by atoms with Gasteiger partial charge in [0.2, 0.25) is 0 Å². The first-order chi connectivity index (χ1) is 9.74. The molecular weight excluding hydrogens is 254 g/mol. The van der Waals surface area contributed by atoms with Crippen LogP contribution in [-0.2, 0) is 4.74 Å². The Morgan fingerprint density at radius 3 is 2.80 bits per heavy atom. The van der Waals surface area contributed by atoms with E-state index in [1.807, 2.05) is 29.2 Å². The normalized spacial score (nSPS) is 15.2. The zero-order valence-electron chi connectivity index (χ0n) is 12.0. The number of nitrogen functional groups attached to an aromatic ring is 1. The van der Waals surface area contributed by atoms with Gasteiger partial charge in [0.05, 0.1) is 18.0 Å². The van der Waals surface area contributed by atoms with Gasteiger partial charge in [0.15, 0.2) is 0 Å². The summed E-state index contributed by atoms with van der Waals surface area (Å²) in [6.07, 6.45) is 2.20. The Bertz CT molecular complexity index is 450. The van der Waals surface area contributed by atoms with Crippen LogP contribution in [0.1, 0.15) is 19.8 Å². The lowest BCUT2D eigenvalue weighted by atomic mass is 10.2. The molecule has 0 unspecified atom stereocenters. The maximum atomic E-state index is 12.3. The van der Waals surface area contributed by atoms with Gasteiger partial charge in [0.1, 0.15) is 0 Å². The lowest BCUT2D eigenvalue weighted by molar-refractivity contribution is 0.113. The van der Waals surface area contributed by atoms with E-state index in [2.05, 4.69) is 6.92 Å². The van der Waals surface area contributed by atoms with E-state index < -0.39 is 0 Å². The molecule has 0 spiro atoms. The molecule has 1 aliphatic heterocycles. The summed E-state index contributed by atoms with van der Waals surface area (Å²) < 4.78 is 5.51. The molecule has 2 amide bonds. The molecule has 5 heteroatoms. The fraction of sp³-hybridized carbons (Fsp3) is 0.533. The van der Waals surface area contributed by atoms with Crippen LogP contribution in [0, 0.1) is 0 Å². The summed E-state index contributed by atoms with van der Waals surface area (Å²) in [4.78, 5) is 15.9. The van der Waals surface area contributed by atoms with Gasteiger partial charge >= 0.3 is 6.03 Å². The van der Waals surface area contributed by atoms with Crippen LogP contribution in [0.25, 0.3) is 0 Å². The highest BCUT2D eigenvalue weighted by Gasteiger charge is 2.29. The molecule has 2 rings (SSSR count). The molecule has 1 saturated heterocycles. The van der Waals surface area contributed by atoms with Crippen molar-refractivity contribution in [3.63, 3.8) is 0 Å². The summed E-state index contributed by atoms with van der Waals surface area (Å²) in [5, 5.41) is 0. The molecule has 2 N–H and O–H groups in total. The minimum absolute atomic E-state index is 0.0157. The van der Waals surface area contributed by atoms with Gasteiger partial charge in [0.25, 0.3) is 0 Å². The molecule has 0 saturated carbocycles. The first kappa shape index (κ1) is 14.7. The van der Waals surface area contributed by atoms with Crippen molar-refractivity contribution in [2.75, 3.05) is 43.5 Å². The Balaban J connectivity index is 1.85. The third kappa shape index (κ3) is 3.42. The number of para-hydroxylation sites is 2. The smallest absolute Gasteiger partial charge is 0.324 e. The number of hydrogen-bond donors (Lipinski definition) is 1. The maximum Gasteiger partial charge on any atom is 0.324 e. The summed E-state index contributed by atoms with van der Waals surface area (Å²) in [5.41, 5.74) is 7.36. The number of anilines is 2. The highest BCUT2D eigenvalue weighted by atomic mass is 16.5. The van der Waals surface area contributed by atoms with E-state index >= 15 is 0 Å². The number of nitrogens with zero attached hydrogens (tertiary/aromatic N) is 2. The van der Waals surface area contributed by atoms with Crippen LogP contribution in [0.15, 0.2) is 24.3 Å². The van der Waals surface area contributed by atoms with Gasteiger partial charge in [-0.25, -0.2) is 4.79 Å². The zero-order chi connectivity index (χ0) is 14.4. The number of nitrogens with two attached hydrogens (primary N) is 1. The van der Waals surface area contributed by atoms with Crippen molar-refractivity contribution >= 4 is 17.4 Å². The topological polar surface area (TPSA) is 58.8 Å². The van der Waals surface area contributed by atoms with E-state index in [1.165, 1.54) is 0 Å². The Morgan fingerprint density at radius 2 is 2.05 bits per heavy atom. The van der Waals surface area contributed by atoms with E-state index in [1.54, 1.807) is 4.90 Å². The van der Waals surface area contributed by atoms with Crippen molar-refractivity contribution in [2.45, 2.75) is 19.8 Å². The molecule has 1 aromatic rings. The number of amides is 2. The Kier molecular flexibility index (Phi) is 5.24. The van der Waals surface area contributed by atoms with Gasteiger partial charge in [-0.3, -0.25) is 4.90 Å². The van der Waals surface area contributed by atoms with Gasteiger partial charge in [-0.05, 0) is 18.6 Å². The summed E-state index contributed by atoms with van der Waals surface area (Å²) in [6, 6.07) is 7.49. The minimum atomic E-state index is 0.0157. The largest absolute Gasteiger partial charge is 0.397 e. The van der Waals surface area contributed by atoms with E-state index in [4.69, 9.17) is 10.5 Å². The highest BCUT2D eigenvalue weighted by molar-refractivity contribution is 5.97. The summed E-state index contributed by atoms with van der Waals surface area (Å²) in [5.74, 6) is 0. The first-order valence-corrected chi connectivity index (χ1v) is 7.22. The van der Waals surface area contributed by atoms with Crippen LogP contribution >= 0.6 is 0 Å². The van der Waals surface area contributed by atoms with Crippen LogP contribution in [0.2, 0.25) is 0 Å². The molecular formula is C15H23N3O2. The quantitative estimate of drug-likeness (QED) is 0.614. The average molecular weight is 277 g/mol. The van der Waals surface area contributed by atoms with Crippen LogP contribution < -0.4 is 10.6 Å². The average Bonchev–Trinajstić information content (AvgIpc) is 2.81. The lowest BCUT2D eigenvalue weighted by Gasteiger charge is -2.19. The zero-order valence-corrected chi connectivity index (χ0v) is 12.0. The van der Waals surface area contributed by atoms with E-state index in [9.17, 15) is 4.79 Å². The molecule has 0 atom stereocenters. The van der Waals surface area contributed by atoms with Crippen LogP contribution in [0.5, 0.6) is 0 Å². The number of hydrogen-bond acceptors (Lipinski definition) is 3. The van der Waals surface area contributed by atoms with Gasteiger partial charge in [-0.1, -0.05) is 25.5 Å². The lowest BCUT2D eigenvalue weighted by Crippen LogP contribution is -2.34. The minimum Gasteiger partial charge on any atom is -0.397 e. The first-order valence-electron chi connectivity index (χ1n) is 7.22. The second kappa shape index (κ2) is 7.14. The van der Waals surface area contributed by atoms with E-state index in [-0.39, 0.29) is 6.03 Å². The third-order valence-corrected chi connectivity index (χ3v) is 3.47. The molecule has 0 bridgehead atoms. The maximum absolute atomic E-state index is 12.3. The fourth-order valence-electron chi connectivity index (χ4n) is 2.27. The number of carbonyl (C=O) groups excluding carboxylic acids is 1. The fourth-order valence-corrected chi connectivity index (χ4v) is 2.27. The Hall–Kier alpha value is -1.75. The molecule has 20 heavy (non-hydrogen) atoms. The molecule has 5 nitrogen and oxygen atoms in total. The van der Waals surface area contributed by atoms with Crippen molar-refractivity contribution in [3.8, 4) is 0 Å². The van der Waals surface area contributed by atoms with E-state index in [0.29, 0.717) is 25.4 Å². The Morgan fingerprint density at radius 1 is 1.25 bits per heavy atom. The van der Waals surface area contributed by atoms with Gasteiger partial charge in [-0.15, -0.1) is 0 Å². The number of benzene rings is 1. The summed E-state index contributed by atoms with van der Waals surface area (Å²) in [6.45, 7) is 5.56. The van der Waals surface area contributed by atoms with Crippen LogP contribution in [0.4, 0.5) is 16.2 Å². The monoisotopic (exact) mass is 277 g/mol. The number of rotatable bonds is 7. The summed E-state index contributed by atoms with van der Waals surface area (Å²) >= 11 is 0. The molecule has 1 aliphatic rings. The highest BCUT2D eigenvalue weighted by Crippen LogP contribution is 2.25. The third-order valence-electron chi connectivity index (χ3n) is 3.47. The molecule has 1 fully saturated rings. The predicted octanol–water partition coefficient (Wildman–Crippen LogP) is 2.33. The predicted molar refractivity (Wildman–Crippen MR) is 80.9 cm³/mol. The Labute approximate surface area is 120 Å². The standard InChI is InChI=1S/C15H23N3O2/c1-2-3-11-20-12-10-17-8-9-18(15(17)19)14-7-5-4-6-13(14)16/h4-7H,2-3,8-12,16H2,1H3. The number of ether oxygens (including phenoxy) is 1.